The highest BCUT2D eigenvalue weighted by Gasteiger charge is 2.30. The third-order valence-corrected chi connectivity index (χ3v) is 6.46. The standard InChI is InChI=1S/C23H32N2O5S/c1-7-17-9-12-19(13-10-17)25(31(6,27)28)16(3)23(26)24-20(8-2)18-11-14-21(29-4)22(15-18)30-5/h9-16,20H,7-8H2,1-6H3,(H,24,26)/t16-,20+/m0/s1. The number of amides is 1. The highest BCUT2D eigenvalue weighted by molar-refractivity contribution is 7.92. The predicted molar refractivity (Wildman–Crippen MR) is 123 cm³/mol. The fraction of sp³-hybridized carbons (Fsp3) is 0.435. The van der Waals surface area contributed by atoms with Gasteiger partial charge in [-0.2, -0.15) is 0 Å². The summed E-state index contributed by atoms with van der Waals surface area (Å²) in [7, 11) is -0.559. The number of methoxy groups -OCH3 is 2. The molecule has 0 aliphatic carbocycles. The van der Waals surface area contributed by atoms with Crippen molar-refractivity contribution in [2.24, 2.45) is 0 Å². The fourth-order valence-corrected chi connectivity index (χ4v) is 4.65. The molecule has 7 nitrogen and oxygen atoms in total. The number of rotatable bonds is 10. The van der Waals surface area contributed by atoms with Gasteiger partial charge >= 0.3 is 0 Å². The van der Waals surface area contributed by atoms with E-state index in [1.165, 1.54) is 0 Å². The van der Waals surface area contributed by atoms with Gasteiger partial charge in [0.15, 0.2) is 11.5 Å². The molecular weight excluding hydrogens is 416 g/mol. The van der Waals surface area contributed by atoms with Gasteiger partial charge in [-0.15, -0.1) is 0 Å². The molecule has 2 rings (SSSR count). The van der Waals surface area contributed by atoms with Crippen molar-refractivity contribution in [2.75, 3.05) is 24.8 Å². The van der Waals surface area contributed by atoms with E-state index in [0.717, 1.165) is 28.1 Å². The van der Waals surface area contributed by atoms with Crippen molar-refractivity contribution in [1.29, 1.82) is 0 Å². The number of ether oxygens (including phenoxy) is 2. The highest BCUT2D eigenvalue weighted by Crippen LogP contribution is 2.31. The van der Waals surface area contributed by atoms with Crippen molar-refractivity contribution in [1.82, 2.24) is 5.32 Å². The molecule has 2 atom stereocenters. The van der Waals surface area contributed by atoms with Gasteiger partial charge in [-0.05, 0) is 55.2 Å². The van der Waals surface area contributed by atoms with Crippen LogP contribution in [0, 0.1) is 0 Å². The van der Waals surface area contributed by atoms with Crippen LogP contribution < -0.4 is 19.1 Å². The second-order valence-corrected chi connectivity index (χ2v) is 9.20. The number of nitrogens with one attached hydrogen (secondary N) is 1. The van der Waals surface area contributed by atoms with E-state index < -0.39 is 16.1 Å². The van der Waals surface area contributed by atoms with Crippen molar-refractivity contribution >= 4 is 21.6 Å². The zero-order chi connectivity index (χ0) is 23.2. The molecule has 0 heterocycles. The van der Waals surface area contributed by atoms with Gasteiger partial charge in [-0.1, -0.05) is 32.0 Å². The van der Waals surface area contributed by atoms with Crippen molar-refractivity contribution in [2.45, 2.75) is 45.7 Å². The van der Waals surface area contributed by atoms with E-state index in [0.29, 0.717) is 23.6 Å². The third kappa shape index (κ3) is 5.91. The topological polar surface area (TPSA) is 84.9 Å². The maximum atomic E-state index is 13.1. The summed E-state index contributed by atoms with van der Waals surface area (Å²) >= 11 is 0. The number of benzene rings is 2. The minimum Gasteiger partial charge on any atom is -0.493 e. The average molecular weight is 449 g/mol. The van der Waals surface area contributed by atoms with E-state index in [1.807, 2.05) is 38.1 Å². The van der Waals surface area contributed by atoms with Crippen molar-refractivity contribution in [3.8, 4) is 11.5 Å². The first-order valence-corrected chi connectivity index (χ1v) is 12.1. The van der Waals surface area contributed by atoms with Crippen LogP contribution in [0.5, 0.6) is 11.5 Å². The monoisotopic (exact) mass is 448 g/mol. The van der Waals surface area contributed by atoms with Gasteiger partial charge in [0.25, 0.3) is 0 Å². The summed E-state index contributed by atoms with van der Waals surface area (Å²) in [6.45, 7) is 5.56. The van der Waals surface area contributed by atoms with Crippen LogP contribution >= 0.6 is 0 Å². The predicted octanol–water partition coefficient (Wildman–Crippen LogP) is 3.69. The van der Waals surface area contributed by atoms with Crippen LogP contribution in [-0.4, -0.2) is 40.8 Å². The van der Waals surface area contributed by atoms with E-state index in [1.54, 1.807) is 39.3 Å². The summed E-state index contributed by atoms with van der Waals surface area (Å²) in [5.74, 6) is 0.778. The zero-order valence-electron chi connectivity index (χ0n) is 19.0. The normalized spacial score (nSPS) is 13.2. The van der Waals surface area contributed by atoms with Crippen LogP contribution in [0.3, 0.4) is 0 Å². The Kier molecular flexibility index (Phi) is 8.33. The third-order valence-electron chi connectivity index (χ3n) is 5.22. The van der Waals surface area contributed by atoms with Crippen LogP contribution in [0.2, 0.25) is 0 Å². The molecule has 0 saturated heterocycles. The second-order valence-electron chi connectivity index (χ2n) is 7.34. The maximum absolute atomic E-state index is 13.1. The van der Waals surface area contributed by atoms with Crippen LogP contribution in [0.15, 0.2) is 42.5 Å². The van der Waals surface area contributed by atoms with E-state index >= 15 is 0 Å². The van der Waals surface area contributed by atoms with Gasteiger partial charge < -0.3 is 14.8 Å². The van der Waals surface area contributed by atoms with Crippen LogP contribution in [0.25, 0.3) is 0 Å². The first-order valence-electron chi connectivity index (χ1n) is 10.3. The molecule has 0 aromatic heterocycles. The number of aryl methyl sites for hydroxylation is 1. The number of hydrogen-bond donors (Lipinski definition) is 1. The molecule has 2 aromatic rings. The lowest BCUT2D eigenvalue weighted by Crippen LogP contribution is -2.48. The van der Waals surface area contributed by atoms with Gasteiger partial charge in [-0.25, -0.2) is 8.42 Å². The number of hydrogen-bond acceptors (Lipinski definition) is 5. The largest absolute Gasteiger partial charge is 0.493 e. The van der Waals surface area contributed by atoms with Gasteiger partial charge in [0, 0.05) is 0 Å². The lowest BCUT2D eigenvalue weighted by molar-refractivity contribution is -0.122. The molecule has 170 valence electrons. The minimum atomic E-state index is -3.67. The molecular formula is C23H32N2O5S. The smallest absolute Gasteiger partial charge is 0.244 e. The van der Waals surface area contributed by atoms with E-state index in [9.17, 15) is 13.2 Å². The highest BCUT2D eigenvalue weighted by atomic mass is 32.2. The zero-order valence-corrected chi connectivity index (χ0v) is 19.8. The Hall–Kier alpha value is -2.74. The van der Waals surface area contributed by atoms with Gasteiger partial charge in [0.05, 0.1) is 32.2 Å². The molecule has 0 aliphatic rings. The Morgan fingerprint density at radius 3 is 2.13 bits per heavy atom. The molecule has 1 amide bonds. The Morgan fingerprint density at radius 2 is 1.65 bits per heavy atom. The Morgan fingerprint density at radius 1 is 1.03 bits per heavy atom. The van der Waals surface area contributed by atoms with Gasteiger partial charge in [0.1, 0.15) is 6.04 Å². The molecule has 0 spiro atoms. The molecule has 0 aliphatic heterocycles. The van der Waals surface area contributed by atoms with E-state index in [4.69, 9.17) is 9.47 Å². The van der Waals surface area contributed by atoms with Crippen LogP contribution in [0.1, 0.15) is 44.4 Å². The molecule has 2 aromatic carbocycles. The fourth-order valence-electron chi connectivity index (χ4n) is 3.47. The molecule has 0 unspecified atom stereocenters. The molecule has 0 bridgehead atoms. The lowest BCUT2D eigenvalue weighted by Gasteiger charge is -2.30. The van der Waals surface area contributed by atoms with Gasteiger partial charge in [-0.3, -0.25) is 9.10 Å². The van der Waals surface area contributed by atoms with Crippen molar-refractivity contribution < 1.29 is 22.7 Å². The number of sulfonamides is 1. The summed E-state index contributed by atoms with van der Waals surface area (Å²) in [6, 6.07) is 11.4. The Bertz CT molecular complexity index is 990. The minimum absolute atomic E-state index is 0.307. The van der Waals surface area contributed by atoms with Crippen LogP contribution in [-0.2, 0) is 21.2 Å². The summed E-state index contributed by atoms with van der Waals surface area (Å²) < 4.78 is 36.8. The quantitative estimate of drug-likeness (QED) is 0.599. The molecule has 1 N–H and O–H groups in total. The first-order chi connectivity index (χ1) is 14.7. The van der Waals surface area contributed by atoms with E-state index in [-0.39, 0.29) is 11.9 Å². The van der Waals surface area contributed by atoms with E-state index in [2.05, 4.69) is 5.32 Å². The Balaban J connectivity index is 2.29. The molecule has 0 radical (unpaired) electrons. The number of nitrogens with zero attached hydrogens (tertiary/aromatic N) is 1. The summed E-state index contributed by atoms with van der Waals surface area (Å²) in [6.07, 6.45) is 2.58. The lowest BCUT2D eigenvalue weighted by atomic mass is 10.0. The molecule has 0 fully saturated rings. The van der Waals surface area contributed by atoms with Crippen LogP contribution in [0.4, 0.5) is 5.69 Å². The SMILES string of the molecule is CCc1ccc(N([C@@H](C)C(=O)N[C@H](CC)c2ccc(OC)c(OC)c2)S(C)(=O)=O)cc1. The first kappa shape index (κ1) is 24.5. The number of anilines is 1. The summed E-state index contributed by atoms with van der Waals surface area (Å²) in [5.41, 5.74) is 2.40. The molecule has 31 heavy (non-hydrogen) atoms. The summed E-state index contributed by atoms with van der Waals surface area (Å²) in [4.78, 5) is 13.1. The average Bonchev–Trinajstić information content (AvgIpc) is 2.76. The Labute approximate surface area is 185 Å². The maximum Gasteiger partial charge on any atom is 0.244 e. The molecule has 8 heteroatoms. The van der Waals surface area contributed by atoms with Crippen molar-refractivity contribution in [3.05, 3.63) is 53.6 Å². The molecule has 0 saturated carbocycles. The number of carbonyl (C=O) groups is 1. The van der Waals surface area contributed by atoms with Gasteiger partial charge in [0.2, 0.25) is 15.9 Å². The second kappa shape index (κ2) is 10.5. The van der Waals surface area contributed by atoms with Crippen molar-refractivity contribution in [3.63, 3.8) is 0 Å². The summed E-state index contributed by atoms with van der Waals surface area (Å²) in [5, 5.41) is 2.98. The number of carbonyl (C=O) groups excluding carboxylic acids is 1.